The number of allylic oxidation sites excluding steroid dienone is 1. The van der Waals surface area contributed by atoms with Crippen LogP contribution in [0.1, 0.15) is 49.0 Å². The number of benzene rings is 4. The van der Waals surface area contributed by atoms with Gasteiger partial charge in [-0.2, -0.15) is 0 Å². The Morgan fingerprint density at radius 2 is 1.67 bits per heavy atom. The minimum atomic E-state index is -4.59. The fourth-order valence-corrected chi connectivity index (χ4v) is 10.3. The normalized spacial score (nSPS) is 17.4. The zero-order chi connectivity index (χ0) is 46.9. The number of aromatic nitrogens is 2. The summed E-state index contributed by atoms with van der Waals surface area (Å²) in [6.45, 7) is 11.4. The van der Waals surface area contributed by atoms with E-state index in [9.17, 15) is 23.3 Å². The van der Waals surface area contributed by atoms with Crippen molar-refractivity contribution in [2.24, 2.45) is 5.41 Å². The summed E-state index contributed by atoms with van der Waals surface area (Å²) in [5.41, 5.74) is 9.76. The second-order valence-corrected chi connectivity index (χ2v) is 20.5. The summed E-state index contributed by atoms with van der Waals surface area (Å²) in [7, 11) is -2.59. The summed E-state index contributed by atoms with van der Waals surface area (Å²) in [6.07, 6.45) is 6.59. The molecule has 67 heavy (non-hydrogen) atoms. The van der Waals surface area contributed by atoms with Gasteiger partial charge in [0.1, 0.15) is 22.8 Å². The van der Waals surface area contributed by atoms with E-state index in [4.69, 9.17) is 16.3 Å². The van der Waals surface area contributed by atoms with Crippen molar-refractivity contribution >= 4 is 61.2 Å². The second-order valence-electron chi connectivity index (χ2n) is 18.4. The molecule has 2 aliphatic heterocycles. The Kier molecular flexibility index (Phi) is 13.1. The van der Waals surface area contributed by atoms with E-state index in [0.29, 0.717) is 41.4 Å². The van der Waals surface area contributed by atoms with Gasteiger partial charge in [-0.25, -0.2) is 23.1 Å². The first-order valence-electron chi connectivity index (χ1n) is 22.5. The lowest BCUT2D eigenvalue weighted by Crippen LogP contribution is -2.47. The van der Waals surface area contributed by atoms with Gasteiger partial charge in [-0.15, -0.1) is 0 Å². The Labute approximate surface area is 395 Å². The Bertz CT molecular complexity index is 2960. The van der Waals surface area contributed by atoms with Crippen LogP contribution in [0.25, 0.3) is 27.7 Å². The van der Waals surface area contributed by atoms with Gasteiger partial charge in [-0.1, -0.05) is 61.4 Å². The number of para-hydroxylation sites is 1. The number of sulfonamides is 1. The minimum absolute atomic E-state index is 0.0750. The van der Waals surface area contributed by atoms with Crippen molar-refractivity contribution in [2.75, 3.05) is 76.3 Å². The van der Waals surface area contributed by atoms with Gasteiger partial charge in [0.2, 0.25) is 0 Å². The van der Waals surface area contributed by atoms with Gasteiger partial charge >= 0.3 is 0 Å². The maximum Gasteiger partial charge on any atom is 0.295 e. The number of carbonyl (C=O) groups is 1. The van der Waals surface area contributed by atoms with E-state index in [-0.39, 0.29) is 16.7 Å². The zero-order valence-corrected chi connectivity index (χ0v) is 39.4. The van der Waals surface area contributed by atoms with Crippen LogP contribution >= 0.6 is 11.6 Å². The smallest absolute Gasteiger partial charge is 0.295 e. The van der Waals surface area contributed by atoms with Gasteiger partial charge in [0, 0.05) is 104 Å². The number of hydrogen-bond donors (Lipinski definition) is 3. The number of aromatic amines is 1. The number of nitrogens with one attached hydrogen (secondary N) is 3. The average Bonchev–Trinajstić information content (AvgIpc) is 3.79. The molecule has 3 aliphatic rings. The van der Waals surface area contributed by atoms with Crippen LogP contribution in [-0.2, 0) is 10.0 Å². The molecule has 3 N–H and O–H groups in total. The molecule has 2 saturated heterocycles. The summed E-state index contributed by atoms with van der Waals surface area (Å²) in [5.74, 6) is 0.000254. The highest BCUT2D eigenvalue weighted by molar-refractivity contribution is 7.90. The lowest BCUT2D eigenvalue weighted by molar-refractivity contribution is -0.384. The molecular formula is C50H54ClN9O6S. The molecule has 9 rings (SSSR count). The third-order valence-corrected chi connectivity index (χ3v) is 14.6. The largest absolute Gasteiger partial charge is 0.455 e. The lowest BCUT2D eigenvalue weighted by atomic mass is 9.72. The topological polar surface area (TPSA) is 169 Å². The van der Waals surface area contributed by atoms with Crippen molar-refractivity contribution in [3.8, 4) is 22.6 Å². The number of halogens is 1. The number of carbonyl (C=O) groups excluding carboxylic acids is 1. The van der Waals surface area contributed by atoms with Crippen LogP contribution in [0.2, 0.25) is 5.02 Å². The van der Waals surface area contributed by atoms with Crippen LogP contribution in [0.4, 0.5) is 17.1 Å². The number of ether oxygens (including phenoxy) is 1. The SMILES string of the molecule is CN1CCN(Nc2ccc(S(=O)(=O)NC(=O)c3ccc(N4CCN(CC5=C(c6ccc(Cl)cc6)CC(C)(C)CC5)CC4)cc3-c3ccccc3Oc3cnc4[nH]ccc4c3)cc2[N+](=O)[O-])CC1. The number of pyridine rings is 1. The summed E-state index contributed by atoms with van der Waals surface area (Å²) in [5, 5.41) is 15.7. The fraction of sp³-hybridized carbons (Fsp3) is 0.320. The number of nitro groups is 1. The molecule has 1 aliphatic carbocycles. The predicted molar refractivity (Wildman–Crippen MR) is 263 cm³/mol. The van der Waals surface area contributed by atoms with Crippen LogP contribution in [0.5, 0.6) is 11.5 Å². The van der Waals surface area contributed by atoms with Gasteiger partial charge in [-0.05, 0) is 104 Å². The van der Waals surface area contributed by atoms with E-state index in [1.807, 2.05) is 66.7 Å². The van der Waals surface area contributed by atoms with Crippen molar-refractivity contribution in [1.82, 2.24) is 29.5 Å². The summed E-state index contributed by atoms with van der Waals surface area (Å²) < 4.78 is 36.6. The number of nitrogens with zero attached hydrogens (tertiary/aromatic N) is 6. The summed E-state index contributed by atoms with van der Waals surface area (Å²) in [6, 6.07) is 28.2. The predicted octanol–water partition coefficient (Wildman–Crippen LogP) is 9.06. The molecule has 2 fully saturated rings. The van der Waals surface area contributed by atoms with Gasteiger partial charge < -0.3 is 24.9 Å². The van der Waals surface area contributed by atoms with Crippen molar-refractivity contribution in [2.45, 2.75) is 38.0 Å². The van der Waals surface area contributed by atoms with Crippen LogP contribution < -0.4 is 19.8 Å². The van der Waals surface area contributed by atoms with Crippen molar-refractivity contribution in [3.05, 3.63) is 141 Å². The maximum atomic E-state index is 14.4. The molecule has 17 heteroatoms. The van der Waals surface area contributed by atoms with Crippen LogP contribution in [0.3, 0.4) is 0 Å². The molecule has 0 unspecified atom stereocenters. The first kappa shape index (κ1) is 45.8. The zero-order valence-electron chi connectivity index (χ0n) is 37.8. The van der Waals surface area contributed by atoms with Crippen LogP contribution in [0, 0.1) is 15.5 Å². The van der Waals surface area contributed by atoms with E-state index in [0.717, 1.165) is 87.2 Å². The minimum Gasteiger partial charge on any atom is -0.455 e. The van der Waals surface area contributed by atoms with E-state index >= 15 is 0 Å². The molecule has 6 aromatic rings. The Morgan fingerprint density at radius 3 is 2.43 bits per heavy atom. The summed E-state index contributed by atoms with van der Waals surface area (Å²) >= 11 is 6.27. The number of anilines is 2. The second kappa shape index (κ2) is 19.1. The number of nitro benzene ring substituents is 1. The third kappa shape index (κ3) is 10.5. The Balaban J connectivity index is 0.993. The van der Waals surface area contributed by atoms with E-state index in [1.165, 1.54) is 28.8 Å². The van der Waals surface area contributed by atoms with Crippen molar-refractivity contribution in [3.63, 3.8) is 0 Å². The molecular weight excluding hydrogens is 890 g/mol. The number of hydrazine groups is 1. The van der Waals surface area contributed by atoms with E-state index in [2.05, 4.69) is 60.8 Å². The number of likely N-dealkylation sites (N-methyl/N-ethyl adjacent to an activating group) is 1. The van der Waals surface area contributed by atoms with Crippen molar-refractivity contribution in [1.29, 1.82) is 0 Å². The highest BCUT2D eigenvalue weighted by Crippen LogP contribution is 2.44. The van der Waals surface area contributed by atoms with E-state index < -0.39 is 31.4 Å². The third-order valence-electron chi connectivity index (χ3n) is 13.0. The monoisotopic (exact) mass is 943 g/mol. The molecule has 0 atom stereocenters. The quantitative estimate of drug-likeness (QED) is 0.0743. The number of H-pyrrole nitrogens is 1. The standard InChI is InChI=1S/C50H54ClN9O6S/c1-50(2)18-16-36(44(31-50)34-8-10-37(51)11-9-34)33-57-22-24-58(25-23-57)38-12-14-42(43(29-38)41-6-4-5-7-47(41)66-39-28-35-17-19-52-48(35)53-32-39)49(61)55-67(64,65)40-13-15-45(46(30-40)60(62)63)54-59-26-20-56(3)21-27-59/h4-15,17,19,28-30,32,54H,16,18,20-27,31,33H2,1-3H3,(H,52,53)(H,55,61). The molecule has 2 aromatic heterocycles. The molecule has 0 bridgehead atoms. The molecule has 4 heterocycles. The number of rotatable bonds is 13. The van der Waals surface area contributed by atoms with E-state index in [1.54, 1.807) is 24.5 Å². The highest BCUT2D eigenvalue weighted by atomic mass is 35.5. The summed E-state index contributed by atoms with van der Waals surface area (Å²) in [4.78, 5) is 40.0. The molecule has 1 amide bonds. The average molecular weight is 945 g/mol. The van der Waals surface area contributed by atoms with Crippen LogP contribution in [0.15, 0.2) is 120 Å². The molecule has 4 aromatic carbocycles. The first-order valence-corrected chi connectivity index (χ1v) is 24.4. The maximum absolute atomic E-state index is 14.4. The van der Waals surface area contributed by atoms with Gasteiger partial charge in [0.05, 0.1) is 16.0 Å². The molecule has 15 nitrogen and oxygen atoms in total. The van der Waals surface area contributed by atoms with Gasteiger partial charge in [0.15, 0.2) is 0 Å². The first-order chi connectivity index (χ1) is 32.2. The Hall–Kier alpha value is -6.30. The Morgan fingerprint density at radius 1 is 0.910 bits per heavy atom. The molecule has 0 spiro atoms. The number of hydrogen-bond acceptors (Lipinski definition) is 12. The fourth-order valence-electron chi connectivity index (χ4n) is 9.18. The van der Waals surface area contributed by atoms with Crippen molar-refractivity contribution < 1.29 is 22.9 Å². The number of fused-ring (bicyclic) bond motifs is 1. The molecule has 348 valence electrons. The van der Waals surface area contributed by atoms with Gasteiger partial charge in [-0.3, -0.25) is 19.8 Å². The molecule has 0 saturated carbocycles. The number of amides is 1. The highest BCUT2D eigenvalue weighted by Gasteiger charge is 2.31. The molecule has 0 radical (unpaired) electrons. The van der Waals surface area contributed by atoms with Crippen LogP contribution in [-0.4, -0.2) is 110 Å². The lowest BCUT2D eigenvalue weighted by Gasteiger charge is -2.39. The van der Waals surface area contributed by atoms with Gasteiger partial charge in [0.25, 0.3) is 21.6 Å². The number of piperazine rings is 2.